The summed E-state index contributed by atoms with van der Waals surface area (Å²) in [6.45, 7) is 0. The minimum absolute atomic E-state index is 0.125. The number of phenolic OH excluding ortho intramolecular Hbond substituents is 1. The molecule has 0 bridgehead atoms. The molecule has 0 atom stereocenters. The summed E-state index contributed by atoms with van der Waals surface area (Å²) in [6.07, 6.45) is 2.01. The van der Waals surface area contributed by atoms with Crippen LogP contribution in [-0.2, 0) is 19.3 Å². The number of hydrogen-bond acceptors (Lipinski definition) is 6. The molecule has 0 fully saturated rings. The molecule has 0 saturated carbocycles. The Morgan fingerprint density at radius 2 is 0.688 bits per heavy atom. The number of phenols is 1. The van der Waals surface area contributed by atoms with Gasteiger partial charge in [-0.3, -0.25) is 0 Å². The maximum Gasteiger partial charge on any atom is 0.161 e. The van der Waals surface area contributed by atoms with Gasteiger partial charge in [0.2, 0.25) is 0 Å². The summed E-state index contributed by atoms with van der Waals surface area (Å²) in [5.41, 5.74) is 6.60. The van der Waals surface area contributed by atoms with Crippen molar-refractivity contribution in [1.82, 2.24) is 0 Å². The third-order valence-corrected chi connectivity index (χ3v) is 6.06. The van der Waals surface area contributed by atoms with Gasteiger partial charge in [-0.1, -0.05) is 0 Å². The molecule has 1 aliphatic carbocycles. The van der Waals surface area contributed by atoms with Crippen LogP contribution >= 0.6 is 0 Å². The van der Waals surface area contributed by atoms with Gasteiger partial charge in [0.15, 0.2) is 34.5 Å². The molecule has 0 radical (unpaired) electrons. The number of benzene rings is 3. The molecule has 1 aliphatic rings. The van der Waals surface area contributed by atoms with Crippen molar-refractivity contribution < 1.29 is 28.8 Å². The van der Waals surface area contributed by atoms with Crippen LogP contribution in [0.5, 0.6) is 34.5 Å². The van der Waals surface area contributed by atoms with E-state index < -0.39 is 0 Å². The van der Waals surface area contributed by atoms with Crippen molar-refractivity contribution in [1.29, 1.82) is 0 Å². The number of aromatic hydroxyl groups is 1. The normalized spacial score (nSPS) is 12.3. The Balaban J connectivity index is 1.99. The predicted molar refractivity (Wildman–Crippen MR) is 122 cm³/mol. The van der Waals surface area contributed by atoms with Gasteiger partial charge in [-0.2, -0.15) is 0 Å². The number of fused-ring (bicyclic) bond motifs is 3. The van der Waals surface area contributed by atoms with Crippen molar-refractivity contribution in [3.05, 3.63) is 69.8 Å². The van der Waals surface area contributed by atoms with Crippen LogP contribution in [0.3, 0.4) is 0 Å². The van der Waals surface area contributed by atoms with Gasteiger partial charge in [-0.05, 0) is 89.0 Å². The van der Waals surface area contributed by atoms with E-state index in [4.69, 9.17) is 23.7 Å². The van der Waals surface area contributed by atoms with Gasteiger partial charge in [0.1, 0.15) is 0 Å². The number of hydrogen-bond donors (Lipinski definition) is 1. The first-order valence-electron chi connectivity index (χ1n) is 10.4. The first kappa shape index (κ1) is 21.7. The van der Waals surface area contributed by atoms with E-state index in [9.17, 15) is 5.11 Å². The molecule has 0 aromatic heterocycles. The second kappa shape index (κ2) is 8.91. The van der Waals surface area contributed by atoms with E-state index in [2.05, 4.69) is 0 Å². The largest absolute Gasteiger partial charge is 0.504 e. The standard InChI is InChI=1S/C26H28O6/c1-28-22-10-16-7-18-12-24(30-3)26(32-5)14-20(18)8-19-13-25(31-4)23(29-2)11-17(19)6-15(16)9-21(22)27/h9-14,27H,6-8H2,1-5H3. The highest BCUT2D eigenvalue weighted by Crippen LogP contribution is 2.40. The highest BCUT2D eigenvalue weighted by Gasteiger charge is 2.21. The molecule has 0 saturated heterocycles. The summed E-state index contributed by atoms with van der Waals surface area (Å²) in [5, 5.41) is 10.5. The Bertz CT molecular complexity index is 1140. The lowest BCUT2D eigenvalue weighted by Gasteiger charge is -2.17. The van der Waals surface area contributed by atoms with E-state index in [1.165, 1.54) is 0 Å². The second-order valence-corrected chi connectivity index (χ2v) is 7.77. The van der Waals surface area contributed by atoms with E-state index >= 15 is 0 Å². The van der Waals surface area contributed by atoms with Crippen molar-refractivity contribution in [2.45, 2.75) is 19.3 Å². The van der Waals surface area contributed by atoms with Gasteiger partial charge < -0.3 is 28.8 Å². The van der Waals surface area contributed by atoms with Gasteiger partial charge in [-0.25, -0.2) is 0 Å². The van der Waals surface area contributed by atoms with E-state index in [1.807, 2.05) is 30.3 Å². The summed E-state index contributed by atoms with van der Waals surface area (Å²) in [7, 11) is 8.12. The number of rotatable bonds is 5. The molecule has 168 valence electrons. The second-order valence-electron chi connectivity index (χ2n) is 7.77. The monoisotopic (exact) mass is 436 g/mol. The molecule has 0 amide bonds. The van der Waals surface area contributed by atoms with Crippen molar-refractivity contribution in [3.63, 3.8) is 0 Å². The zero-order chi connectivity index (χ0) is 22.8. The third-order valence-electron chi connectivity index (χ3n) is 6.06. The maximum absolute atomic E-state index is 10.5. The quantitative estimate of drug-likeness (QED) is 0.496. The summed E-state index contributed by atoms with van der Waals surface area (Å²) >= 11 is 0. The topological polar surface area (TPSA) is 66.4 Å². The molecule has 0 unspecified atom stereocenters. The average Bonchev–Trinajstić information content (AvgIpc) is 2.86. The Labute approximate surface area is 188 Å². The van der Waals surface area contributed by atoms with Crippen LogP contribution in [0.4, 0.5) is 0 Å². The molecule has 6 nitrogen and oxygen atoms in total. The van der Waals surface area contributed by atoms with Crippen molar-refractivity contribution in [2.24, 2.45) is 0 Å². The summed E-state index contributed by atoms with van der Waals surface area (Å²) in [6, 6.07) is 11.8. The summed E-state index contributed by atoms with van der Waals surface area (Å²) < 4.78 is 27.7. The van der Waals surface area contributed by atoms with Crippen LogP contribution in [0.15, 0.2) is 36.4 Å². The fourth-order valence-corrected chi connectivity index (χ4v) is 4.35. The number of methoxy groups -OCH3 is 5. The molecule has 0 heterocycles. The minimum atomic E-state index is 0.125. The van der Waals surface area contributed by atoms with Crippen LogP contribution in [0.2, 0.25) is 0 Å². The van der Waals surface area contributed by atoms with Crippen LogP contribution in [-0.4, -0.2) is 40.7 Å². The Hall–Kier alpha value is -3.54. The molecular weight excluding hydrogens is 408 g/mol. The number of ether oxygens (including phenoxy) is 5. The van der Waals surface area contributed by atoms with Crippen molar-refractivity contribution in [3.8, 4) is 34.5 Å². The average molecular weight is 437 g/mol. The summed E-state index contributed by atoms with van der Waals surface area (Å²) in [5.74, 6) is 3.32. The zero-order valence-electron chi connectivity index (χ0n) is 19.1. The van der Waals surface area contributed by atoms with Gasteiger partial charge in [0, 0.05) is 0 Å². The Kier molecular flexibility index (Phi) is 6.04. The zero-order valence-corrected chi connectivity index (χ0v) is 19.1. The predicted octanol–water partition coefficient (Wildman–Crippen LogP) is 4.52. The van der Waals surface area contributed by atoms with Gasteiger partial charge in [-0.15, -0.1) is 0 Å². The Morgan fingerprint density at radius 1 is 0.438 bits per heavy atom. The van der Waals surface area contributed by atoms with Crippen LogP contribution < -0.4 is 23.7 Å². The van der Waals surface area contributed by atoms with Crippen LogP contribution in [0.1, 0.15) is 33.4 Å². The van der Waals surface area contributed by atoms with E-state index in [0.29, 0.717) is 48.0 Å². The lowest BCUT2D eigenvalue weighted by molar-refractivity contribution is 0.353. The van der Waals surface area contributed by atoms with Gasteiger partial charge in [0.25, 0.3) is 0 Å². The fraction of sp³-hybridized carbons (Fsp3) is 0.308. The van der Waals surface area contributed by atoms with Gasteiger partial charge in [0.05, 0.1) is 35.5 Å². The van der Waals surface area contributed by atoms with E-state index in [-0.39, 0.29) is 5.75 Å². The van der Waals surface area contributed by atoms with Crippen LogP contribution in [0.25, 0.3) is 0 Å². The maximum atomic E-state index is 10.5. The Morgan fingerprint density at radius 3 is 0.969 bits per heavy atom. The minimum Gasteiger partial charge on any atom is -0.504 e. The highest BCUT2D eigenvalue weighted by molar-refractivity contribution is 5.57. The van der Waals surface area contributed by atoms with E-state index in [0.717, 1.165) is 33.4 Å². The molecule has 3 aromatic rings. The molecule has 4 rings (SSSR count). The van der Waals surface area contributed by atoms with Crippen LogP contribution in [0, 0.1) is 0 Å². The smallest absolute Gasteiger partial charge is 0.161 e. The molecule has 6 heteroatoms. The van der Waals surface area contributed by atoms with Crippen molar-refractivity contribution in [2.75, 3.05) is 35.5 Å². The van der Waals surface area contributed by atoms with Crippen molar-refractivity contribution >= 4 is 0 Å². The molecule has 0 aliphatic heterocycles. The molecule has 32 heavy (non-hydrogen) atoms. The fourth-order valence-electron chi connectivity index (χ4n) is 4.35. The molecular formula is C26H28O6. The lowest BCUT2D eigenvalue weighted by atomic mass is 9.94. The highest BCUT2D eigenvalue weighted by atomic mass is 16.5. The molecule has 0 spiro atoms. The lowest BCUT2D eigenvalue weighted by Crippen LogP contribution is -2.02. The molecule has 3 aromatic carbocycles. The first-order valence-corrected chi connectivity index (χ1v) is 10.4. The third kappa shape index (κ3) is 3.88. The van der Waals surface area contributed by atoms with Gasteiger partial charge >= 0.3 is 0 Å². The SMILES string of the molecule is COc1cc2c(cc1O)Cc1cc(OC)c(OC)cc1Cc1cc(OC)c(OC)cc1C2. The van der Waals surface area contributed by atoms with E-state index in [1.54, 1.807) is 41.6 Å². The summed E-state index contributed by atoms with van der Waals surface area (Å²) in [4.78, 5) is 0. The first-order chi connectivity index (χ1) is 15.5. The molecule has 1 N–H and O–H groups in total.